The number of aromatic hydroxyl groups is 1. The van der Waals surface area contributed by atoms with Crippen molar-refractivity contribution in [1.29, 1.82) is 0 Å². The fraction of sp³-hybridized carbons (Fsp3) is 0.316. The largest absolute Gasteiger partial charge is 0.504 e. The van der Waals surface area contributed by atoms with Crippen molar-refractivity contribution in [2.45, 2.75) is 17.7 Å². The van der Waals surface area contributed by atoms with Crippen LogP contribution in [-0.2, 0) is 16.4 Å². The Morgan fingerprint density at radius 2 is 2.00 bits per heavy atom. The average Bonchev–Trinajstić information content (AvgIpc) is 2.67. The SMILES string of the molecule is COc1ccc(CCN2CCCN3C2=Nc2ccccc2S3(=O)=O)cc1O. The van der Waals surface area contributed by atoms with Crippen LogP contribution in [0.15, 0.2) is 52.4 Å². The average molecular weight is 387 g/mol. The summed E-state index contributed by atoms with van der Waals surface area (Å²) in [6, 6.07) is 12.1. The van der Waals surface area contributed by atoms with Crippen LogP contribution in [0.2, 0.25) is 0 Å². The lowest BCUT2D eigenvalue weighted by atomic mass is 10.1. The fourth-order valence-electron chi connectivity index (χ4n) is 3.48. The van der Waals surface area contributed by atoms with Gasteiger partial charge in [0.05, 0.1) is 12.8 Å². The number of phenols is 1. The van der Waals surface area contributed by atoms with Gasteiger partial charge < -0.3 is 14.7 Å². The lowest BCUT2D eigenvalue weighted by Crippen LogP contribution is -2.54. The molecule has 27 heavy (non-hydrogen) atoms. The van der Waals surface area contributed by atoms with Crippen molar-refractivity contribution in [2.75, 3.05) is 26.7 Å². The molecule has 0 spiro atoms. The second-order valence-electron chi connectivity index (χ2n) is 6.55. The summed E-state index contributed by atoms with van der Waals surface area (Å²) in [7, 11) is -2.06. The van der Waals surface area contributed by atoms with Crippen molar-refractivity contribution < 1.29 is 18.3 Å². The molecule has 2 aliphatic rings. The van der Waals surface area contributed by atoms with Crippen molar-refractivity contribution in [1.82, 2.24) is 9.21 Å². The third-order valence-corrected chi connectivity index (χ3v) is 6.69. The number of hydrogen-bond donors (Lipinski definition) is 1. The fourth-order valence-corrected chi connectivity index (χ4v) is 5.08. The standard InChI is InChI=1S/C19H21N3O4S/c1-26-17-8-7-14(13-16(17)23)9-12-21-10-4-11-22-19(21)20-15-5-2-3-6-18(15)27(22,24)25/h2-3,5-8,13,23H,4,9-12H2,1H3. The summed E-state index contributed by atoms with van der Waals surface area (Å²) in [6.45, 7) is 1.79. The molecule has 0 bridgehead atoms. The molecule has 7 nitrogen and oxygen atoms in total. The molecule has 0 radical (unpaired) electrons. The molecule has 1 N–H and O–H groups in total. The first-order valence-electron chi connectivity index (χ1n) is 8.82. The summed E-state index contributed by atoms with van der Waals surface area (Å²) in [5, 5.41) is 9.94. The maximum atomic E-state index is 12.9. The van der Waals surface area contributed by atoms with Crippen LogP contribution in [0.1, 0.15) is 12.0 Å². The Hall–Kier alpha value is -2.74. The normalized spacial score (nSPS) is 17.7. The van der Waals surface area contributed by atoms with E-state index in [4.69, 9.17) is 4.74 Å². The van der Waals surface area contributed by atoms with Crippen LogP contribution in [0.5, 0.6) is 11.5 Å². The number of ether oxygens (including phenoxy) is 1. The minimum atomic E-state index is -3.57. The molecule has 0 atom stereocenters. The van der Waals surface area contributed by atoms with Crippen molar-refractivity contribution in [3.05, 3.63) is 48.0 Å². The number of fused-ring (bicyclic) bond motifs is 2. The minimum absolute atomic E-state index is 0.0989. The van der Waals surface area contributed by atoms with E-state index in [1.165, 1.54) is 11.4 Å². The van der Waals surface area contributed by atoms with E-state index in [1.54, 1.807) is 36.4 Å². The van der Waals surface area contributed by atoms with E-state index in [0.29, 0.717) is 36.9 Å². The summed E-state index contributed by atoms with van der Waals surface area (Å²) in [6.07, 6.45) is 1.40. The van der Waals surface area contributed by atoms with Gasteiger partial charge in [-0.15, -0.1) is 0 Å². The molecule has 0 aliphatic carbocycles. The second kappa shape index (κ2) is 6.77. The summed E-state index contributed by atoms with van der Waals surface area (Å²) < 4.78 is 32.4. The quantitative estimate of drug-likeness (QED) is 0.871. The van der Waals surface area contributed by atoms with Crippen molar-refractivity contribution >= 4 is 21.7 Å². The van der Waals surface area contributed by atoms with Crippen LogP contribution >= 0.6 is 0 Å². The highest BCUT2D eigenvalue weighted by atomic mass is 32.2. The van der Waals surface area contributed by atoms with Crippen LogP contribution in [0.4, 0.5) is 5.69 Å². The van der Waals surface area contributed by atoms with Gasteiger partial charge in [-0.1, -0.05) is 18.2 Å². The first-order chi connectivity index (χ1) is 13.0. The van der Waals surface area contributed by atoms with Crippen molar-refractivity contribution in [3.63, 3.8) is 0 Å². The number of rotatable bonds is 4. The van der Waals surface area contributed by atoms with Gasteiger partial charge in [0, 0.05) is 19.6 Å². The van der Waals surface area contributed by atoms with Crippen molar-refractivity contribution in [2.24, 2.45) is 4.99 Å². The van der Waals surface area contributed by atoms with Gasteiger partial charge in [-0.3, -0.25) is 0 Å². The molecule has 0 amide bonds. The summed E-state index contributed by atoms with van der Waals surface area (Å²) in [5.74, 6) is 1.02. The van der Waals surface area contributed by atoms with Gasteiger partial charge in [0.25, 0.3) is 10.0 Å². The van der Waals surface area contributed by atoms with Crippen LogP contribution in [0, 0.1) is 0 Å². The Morgan fingerprint density at radius 3 is 2.78 bits per heavy atom. The number of sulfonamides is 1. The number of methoxy groups -OCH3 is 1. The van der Waals surface area contributed by atoms with Gasteiger partial charge in [0.1, 0.15) is 4.90 Å². The Morgan fingerprint density at radius 1 is 1.19 bits per heavy atom. The lowest BCUT2D eigenvalue weighted by Gasteiger charge is -2.40. The van der Waals surface area contributed by atoms with E-state index >= 15 is 0 Å². The van der Waals surface area contributed by atoms with E-state index in [9.17, 15) is 13.5 Å². The molecular formula is C19H21N3O4S. The molecule has 0 aromatic heterocycles. The number of aliphatic imine (C=N–C) groups is 1. The summed E-state index contributed by atoms with van der Waals surface area (Å²) >= 11 is 0. The summed E-state index contributed by atoms with van der Waals surface area (Å²) in [5.41, 5.74) is 1.43. The predicted molar refractivity (Wildman–Crippen MR) is 102 cm³/mol. The zero-order valence-electron chi connectivity index (χ0n) is 15.0. The highest BCUT2D eigenvalue weighted by Gasteiger charge is 2.38. The zero-order valence-corrected chi connectivity index (χ0v) is 15.8. The molecule has 4 rings (SSSR count). The molecule has 1 fully saturated rings. The van der Waals surface area contributed by atoms with Crippen molar-refractivity contribution in [3.8, 4) is 11.5 Å². The topological polar surface area (TPSA) is 82.4 Å². The molecule has 2 heterocycles. The number of nitrogens with zero attached hydrogens (tertiary/aromatic N) is 3. The Labute approximate surface area is 158 Å². The molecular weight excluding hydrogens is 366 g/mol. The molecule has 0 unspecified atom stereocenters. The number of hydrogen-bond acceptors (Lipinski definition) is 6. The Balaban J connectivity index is 1.59. The van der Waals surface area contributed by atoms with E-state index in [1.807, 2.05) is 11.0 Å². The highest BCUT2D eigenvalue weighted by molar-refractivity contribution is 7.90. The molecule has 2 aliphatic heterocycles. The van der Waals surface area contributed by atoms with Crippen LogP contribution in [0.25, 0.3) is 0 Å². The zero-order chi connectivity index (χ0) is 19.0. The Bertz CT molecular complexity index is 1000. The third kappa shape index (κ3) is 3.10. The van der Waals surface area contributed by atoms with E-state index < -0.39 is 10.0 Å². The highest BCUT2D eigenvalue weighted by Crippen LogP contribution is 2.34. The van der Waals surface area contributed by atoms with Crippen LogP contribution in [0.3, 0.4) is 0 Å². The van der Waals surface area contributed by atoms with E-state index in [2.05, 4.69) is 4.99 Å². The molecule has 2 aromatic rings. The van der Waals surface area contributed by atoms with E-state index in [-0.39, 0.29) is 10.6 Å². The molecule has 1 saturated heterocycles. The molecule has 8 heteroatoms. The first kappa shape index (κ1) is 17.7. The van der Waals surface area contributed by atoms with Gasteiger partial charge in [0.15, 0.2) is 11.5 Å². The second-order valence-corrected chi connectivity index (χ2v) is 8.38. The monoisotopic (exact) mass is 387 g/mol. The van der Waals surface area contributed by atoms with Gasteiger partial charge in [-0.25, -0.2) is 17.7 Å². The lowest BCUT2D eigenvalue weighted by molar-refractivity contribution is 0.316. The number of para-hydroxylation sites is 1. The van der Waals surface area contributed by atoms with Crippen LogP contribution < -0.4 is 4.74 Å². The number of guanidine groups is 1. The van der Waals surface area contributed by atoms with Gasteiger partial charge >= 0.3 is 0 Å². The smallest absolute Gasteiger partial charge is 0.268 e. The van der Waals surface area contributed by atoms with E-state index in [0.717, 1.165) is 18.5 Å². The van der Waals surface area contributed by atoms with Gasteiger partial charge in [-0.05, 0) is 42.7 Å². The summed E-state index contributed by atoms with van der Waals surface area (Å²) in [4.78, 5) is 6.88. The maximum Gasteiger partial charge on any atom is 0.268 e. The van der Waals surface area contributed by atoms with Gasteiger partial charge in [-0.2, -0.15) is 0 Å². The molecule has 0 saturated carbocycles. The minimum Gasteiger partial charge on any atom is -0.504 e. The number of benzene rings is 2. The van der Waals surface area contributed by atoms with Gasteiger partial charge in [0.2, 0.25) is 5.96 Å². The van der Waals surface area contributed by atoms with Crippen LogP contribution in [-0.4, -0.2) is 55.4 Å². The Kier molecular flexibility index (Phi) is 4.43. The third-order valence-electron chi connectivity index (χ3n) is 4.86. The number of phenolic OH excluding ortho intramolecular Hbond substituents is 1. The molecule has 142 valence electrons. The first-order valence-corrected chi connectivity index (χ1v) is 10.3. The maximum absolute atomic E-state index is 12.9. The predicted octanol–water partition coefficient (Wildman–Crippen LogP) is 2.34. The molecule has 2 aromatic carbocycles.